The lowest BCUT2D eigenvalue weighted by Gasteiger charge is -2.46. The number of hydrogen-bond acceptors (Lipinski definition) is 2. The van der Waals surface area contributed by atoms with Gasteiger partial charge in [-0.05, 0) is 61.2 Å². The molecule has 0 amide bonds. The van der Waals surface area contributed by atoms with Crippen LogP contribution in [0.2, 0.25) is 0 Å². The Kier molecular flexibility index (Phi) is 5.53. The molecule has 118 valence electrons. The Morgan fingerprint density at radius 1 is 1.10 bits per heavy atom. The second-order valence-electron chi connectivity index (χ2n) is 8.34. The van der Waals surface area contributed by atoms with Crippen LogP contribution in [0.4, 0.5) is 0 Å². The Hall–Kier alpha value is -0.0800. The summed E-state index contributed by atoms with van der Waals surface area (Å²) in [5.74, 6) is 9.41. The third-order valence-corrected chi connectivity index (χ3v) is 6.36. The summed E-state index contributed by atoms with van der Waals surface area (Å²) >= 11 is 0. The molecule has 0 aliphatic heterocycles. The molecular weight excluding hydrogens is 244 g/mol. The first-order valence-electron chi connectivity index (χ1n) is 8.94. The monoisotopic (exact) mass is 280 g/mol. The molecule has 0 saturated heterocycles. The van der Waals surface area contributed by atoms with Crippen molar-refractivity contribution < 1.29 is 0 Å². The minimum absolute atomic E-state index is 0.480. The summed E-state index contributed by atoms with van der Waals surface area (Å²) in [6.45, 7) is 9.61. The highest BCUT2D eigenvalue weighted by Crippen LogP contribution is 2.50. The van der Waals surface area contributed by atoms with E-state index in [1.54, 1.807) is 0 Å². The van der Waals surface area contributed by atoms with Crippen LogP contribution >= 0.6 is 0 Å². The lowest BCUT2D eigenvalue weighted by molar-refractivity contribution is 0.0672. The van der Waals surface area contributed by atoms with Crippen molar-refractivity contribution in [2.75, 3.05) is 0 Å². The highest BCUT2D eigenvalue weighted by Gasteiger charge is 2.45. The minimum Gasteiger partial charge on any atom is -0.271 e. The largest absolute Gasteiger partial charge is 0.271 e. The topological polar surface area (TPSA) is 38.0 Å². The van der Waals surface area contributed by atoms with E-state index in [2.05, 4.69) is 33.1 Å². The van der Waals surface area contributed by atoms with Gasteiger partial charge in [-0.2, -0.15) is 0 Å². The molecule has 2 rings (SSSR count). The van der Waals surface area contributed by atoms with E-state index in [1.807, 2.05) is 0 Å². The average molecular weight is 280 g/mol. The predicted octanol–water partition coefficient (Wildman–Crippen LogP) is 4.50. The van der Waals surface area contributed by atoms with E-state index in [0.29, 0.717) is 11.5 Å². The van der Waals surface area contributed by atoms with Crippen molar-refractivity contribution in [1.82, 2.24) is 5.43 Å². The van der Waals surface area contributed by atoms with Crippen molar-refractivity contribution in [3.05, 3.63) is 0 Å². The van der Waals surface area contributed by atoms with E-state index >= 15 is 0 Å². The summed E-state index contributed by atoms with van der Waals surface area (Å²) < 4.78 is 0. The zero-order valence-electron chi connectivity index (χ0n) is 14.1. The first kappa shape index (κ1) is 16.3. The van der Waals surface area contributed by atoms with E-state index in [4.69, 9.17) is 5.84 Å². The minimum atomic E-state index is 0.480. The van der Waals surface area contributed by atoms with Crippen molar-refractivity contribution in [2.45, 2.75) is 85.1 Å². The maximum atomic E-state index is 6.07. The van der Waals surface area contributed by atoms with Crippen molar-refractivity contribution >= 4 is 0 Å². The number of nitrogens with two attached hydrogens (primary N) is 1. The summed E-state index contributed by atoms with van der Waals surface area (Å²) in [7, 11) is 0. The standard InChI is InChI=1S/C18H36N2/c1-13(2)12-18(9-5-6-10-18)17(20-19)16-8-7-14(3)15(4)11-16/h13-17,20H,5-12,19H2,1-4H3. The third kappa shape index (κ3) is 3.39. The molecular formula is C18H36N2. The van der Waals surface area contributed by atoms with Crippen molar-refractivity contribution in [3.8, 4) is 0 Å². The van der Waals surface area contributed by atoms with Gasteiger partial charge in [0.1, 0.15) is 0 Å². The fourth-order valence-corrected chi connectivity index (χ4v) is 5.24. The molecule has 2 nitrogen and oxygen atoms in total. The summed E-state index contributed by atoms with van der Waals surface area (Å²) in [6.07, 6.45) is 11.1. The third-order valence-electron chi connectivity index (χ3n) is 6.36. The van der Waals surface area contributed by atoms with Gasteiger partial charge in [-0.3, -0.25) is 11.3 Å². The molecule has 2 fully saturated rings. The number of hydrogen-bond donors (Lipinski definition) is 2. The molecule has 0 aromatic heterocycles. The first-order chi connectivity index (χ1) is 9.48. The van der Waals surface area contributed by atoms with Crippen molar-refractivity contribution in [1.29, 1.82) is 0 Å². The average Bonchev–Trinajstić information content (AvgIpc) is 2.83. The lowest BCUT2D eigenvalue weighted by Crippen LogP contribution is -2.53. The van der Waals surface area contributed by atoms with E-state index in [0.717, 1.165) is 23.7 Å². The fourth-order valence-electron chi connectivity index (χ4n) is 5.24. The molecule has 0 heterocycles. The molecule has 0 spiro atoms. The maximum absolute atomic E-state index is 6.07. The van der Waals surface area contributed by atoms with Crippen LogP contribution < -0.4 is 11.3 Å². The van der Waals surface area contributed by atoms with Crippen LogP contribution in [-0.2, 0) is 0 Å². The van der Waals surface area contributed by atoms with Gasteiger partial charge in [-0.25, -0.2) is 0 Å². The van der Waals surface area contributed by atoms with Crippen LogP contribution in [0.15, 0.2) is 0 Å². The highest BCUT2D eigenvalue weighted by atomic mass is 15.2. The van der Waals surface area contributed by atoms with Crippen LogP contribution in [0.5, 0.6) is 0 Å². The van der Waals surface area contributed by atoms with Crippen molar-refractivity contribution in [3.63, 3.8) is 0 Å². The van der Waals surface area contributed by atoms with Gasteiger partial charge >= 0.3 is 0 Å². The van der Waals surface area contributed by atoms with Gasteiger partial charge in [0.05, 0.1) is 0 Å². The van der Waals surface area contributed by atoms with Gasteiger partial charge in [0, 0.05) is 6.04 Å². The van der Waals surface area contributed by atoms with Gasteiger partial charge in [0.2, 0.25) is 0 Å². The molecule has 3 N–H and O–H groups in total. The van der Waals surface area contributed by atoms with Crippen LogP contribution in [0.1, 0.15) is 79.1 Å². The molecule has 4 atom stereocenters. The van der Waals surface area contributed by atoms with Crippen LogP contribution in [-0.4, -0.2) is 6.04 Å². The molecule has 2 aliphatic carbocycles. The van der Waals surface area contributed by atoms with Crippen LogP contribution in [0.3, 0.4) is 0 Å². The Balaban J connectivity index is 2.12. The lowest BCUT2D eigenvalue weighted by atomic mass is 9.63. The first-order valence-corrected chi connectivity index (χ1v) is 8.94. The predicted molar refractivity (Wildman–Crippen MR) is 87.1 cm³/mol. The van der Waals surface area contributed by atoms with E-state index in [9.17, 15) is 0 Å². The second kappa shape index (κ2) is 6.79. The van der Waals surface area contributed by atoms with Crippen molar-refractivity contribution in [2.24, 2.45) is 34.9 Å². The van der Waals surface area contributed by atoms with Gasteiger partial charge in [0.15, 0.2) is 0 Å². The van der Waals surface area contributed by atoms with Gasteiger partial charge < -0.3 is 0 Å². The molecule has 2 aliphatic rings. The van der Waals surface area contributed by atoms with Gasteiger partial charge in [0.25, 0.3) is 0 Å². The molecule has 2 saturated carbocycles. The number of hydrazine groups is 1. The summed E-state index contributed by atoms with van der Waals surface area (Å²) in [4.78, 5) is 0. The van der Waals surface area contributed by atoms with Crippen LogP contribution in [0.25, 0.3) is 0 Å². The summed E-state index contributed by atoms with van der Waals surface area (Å²) in [5.41, 5.74) is 3.78. The highest BCUT2D eigenvalue weighted by molar-refractivity contribution is 4.99. The Bertz CT molecular complexity index is 294. The summed E-state index contributed by atoms with van der Waals surface area (Å²) in [5, 5.41) is 0. The zero-order valence-corrected chi connectivity index (χ0v) is 14.1. The molecule has 0 bridgehead atoms. The van der Waals surface area contributed by atoms with E-state index in [1.165, 1.54) is 51.4 Å². The molecule has 0 aromatic carbocycles. The van der Waals surface area contributed by atoms with E-state index < -0.39 is 0 Å². The zero-order chi connectivity index (χ0) is 14.8. The molecule has 0 radical (unpaired) electrons. The normalized spacial score (nSPS) is 35.4. The SMILES string of the molecule is CC(C)CC1(C(NN)C2CCC(C)C(C)C2)CCCC1. The number of nitrogens with one attached hydrogen (secondary N) is 1. The Labute approximate surface area is 126 Å². The Morgan fingerprint density at radius 3 is 2.25 bits per heavy atom. The summed E-state index contributed by atoms with van der Waals surface area (Å²) in [6, 6.07) is 0.544. The van der Waals surface area contributed by atoms with Gasteiger partial charge in [-0.1, -0.05) is 47.0 Å². The maximum Gasteiger partial charge on any atom is 0.0295 e. The molecule has 20 heavy (non-hydrogen) atoms. The van der Waals surface area contributed by atoms with E-state index in [-0.39, 0.29) is 0 Å². The van der Waals surface area contributed by atoms with Crippen LogP contribution in [0, 0.1) is 29.1 Å². The molecule has 0 aromatic rings. The Morgan fingerprint density at radius 2 is 1.75 bits per heavy atom. The fraction of sp³-hybridized carbons (Fsp3) is 1.00. The molecule has 2 heteroatoms. The quantitative estimate of drug-likeness (QED) is 0.575. The van der Waals surface area contributed by atoms with Gasteiger partial charge in [-0.15, -0.1) is 0 Å². The number of rotatable bonds is 5. The smallest absolute Gasteiger partial charge is 0.0295 e. The second-order valence-corrected chi connectivity index (χ2v) is 8.34. The molecule has 4 unspecified atom stereocenters.